The second kappa shape index (κ2) is 5.35. The van der Waals surface area contributed by atoms with Crippen molar-refractivity contribution >= 4 is 6.09 Å². The summed E-state index contributed by atoms with van der Waals surface area (Å²) < 4.78 is 12.2. The molecule has 2 aliphatic carbocycles. The van der Waals surface area contributed by atoms with E-state index in [9.17, 15) is 4.79 Å². The quantitative estimate of drug-likeness (QED) is 0.856. The number of nitrogens with zero attached hydrogens (tertiary/aromatic N) is 2. The molecule has 0 radical (unpaired) electrons. The third kappa shape index (κ3) is 3.39. The summed E-state index contributed by atoms with van der Waals surface area (Å²) in [5.41, 5.74) is -0.521. The Morgan fingerprint density at radius 1 is 1.38 bits per heavy atom. The molecule has 0 N–H and O–H groups in total. The van der Waals surface area contributed by atoms with Gasteiger partial charge in [-0.3, -0.25) is 0 Å². The molecule has 21 heavy (non-hydrogen) atoms. The number of rotatable bonds is 3. The zero-order valence-corrected chi connectivity index (χ0v) is 13.0. The number of carbonyl (C=O) groups is 1. The lowest BCUT2D eigenvalue weighted by atomic mass is 9.90. The topological polar surface area (TPSA) is 53.4 Å². The average Bonchev–Trinajstić information content (AvgIpc) is 3.10. The summed E-state index contributed by atoms with van der Waals surface area (Å²) >= 11 is 0. The van der Waals surface area contributed by atoms with Crippen molar-refractivity contribution < 1.29 is 14.3 Å². The molecule has 116 valence electrons. The number of hydrogen-bond acceptors (Lipinski definition) is 4. The zero-order chi connectivity index (χ0) is 15.0. The number of hydrogen-bond donors (Lipinski definition) is 0. The van der Waals surface area contributed by atoms with Crippen molar-refractivity contribution in [1.82, 2.24) is 9.78 Å². The molecule has 1 heterocycles. The predicted molar refractivity (Wildman–Crippen MR) is 78.3 cm³/mol. The van der Waals surface area contributed by atoms with Crippen LogP contribution in [0.4, 0.5) is 4.79 Å². The number of ether oxygens (including phenoxy) is 2. The normalized spacial score (nSPS) is 27.9. The van der Waals surface area contributed by atoms with Gasteiger partial charge in [0.1, 0.15) is 5.60 Å². The van der Waals surface area contributed by atoms with Crippen LogP contribution >= 0.6 is 0 Å². The van der Waals surface area contributed by atoms with E-state index in [1.54, 1.807) is 12.3 Å². The van der Waals surface area contributed by atoms with E-state index in [4.69, 9.17) is 9.47 Å². The zero-order valence-electron chi connectivity index (χ0n) is 13.0. The molecule has 2 fully saturated rings. The second-order valence-corrected chi connectivity index (χ2v) is 7.32. The van der Waals surface area contributed by atoms with Crippen molar-refractivity contribution in [3.8, 4) is 5.88 Å². The van der Waals surface area contributed by atoms with Gasteiger partial charge < -0.3 is 9.47 Å². The van der Waals surface area contributed by atoms with Gasteiger partial charge in [0.2, 0.25) is 5.88 Å². The highest BCUT2D eigenvalue weighted by molar-refractivity contribution is 5.69. The first kappa shape index (κ1) is 14.4. The van der Waals surface area contributed by atoms with E-state index >= 15 is 0 Å². The van der Waals surface area contributed by atoms with Gasteiger partial charge in [-0.25, -0.2) is 4.79 Å². The third-order valence-electron chi connectivity index (χ3n) is 4.47. The number of fused-ring (bicyclic) bond motifs is 2. The van der Waals surface area contributed by atoms with E-state index < -0.39 is 11.7 Å². The van der Waals surface area contributed by atoms with Gasteiger partial charge in [0, 0.05) is 12.3 Å². The van der Waals surface area contributed by atoms with Crippen molar-refractivity contribution in [2.75, 3.05) is 6.61 Å². The SMILES string of the molecule is CC(C)(C)OC(=O)n1ccc(OCC2C[C@H]3CC[C@@H]2C3)n1. The molecule has 0 amide bonds. The van der Waals surface area contributed by atoms with Crippen LogP contribution in [-0.2, 0) is 4.74 Å². The maximum absolute atomic E-state index is 11.9. The molecule has 2 bridgehead atoms. The minimum Gasteiger partial charge on any atom is -0.476 e. The molecule has 0 aliphatic heterocycles. The first-order valence-electron chi connectivity index (χ1n) is 7.82. The van der Waals surface area contributed by atoms with E-state index in [1.807, 2.05) is 20.8 Å². The molecule has 5 nitrogen and oxygen atoms in total. The Hall–Kier alpha value is -1.52. The summed E-state index contributed by atoms with van der Waals surface area (Å²) in [6, 6.07) is 1.72. The van der Waals surface area contributed by atoms with Gasteiger partial charge in [0.25, 0.3) is 0 Å². The summed E-state index contributed by atoms with van der Waals surface area (Å²) in [6.07, 6.45) is 6.53. The Labute approximate surface area is 125 Å². The van der Waals surface area contributed by atoms with Crippen LogP contribution in [0.25, 0.3) is 0 Å². The monoisotopic (exact) mass is 292 g/mol. The molecule has 2 saturated carbocycles. The fourth-order valence-electron chi connectivity index (χ4n) is 3.57. The summed E-state index contributed by atoms with van der Waals surface area (Å²) in [6.45, 7) is 6.22. The second-order valence-electron chi connectivity index (χ2n) is 7.32. The molecule has 2 aliphatic rings. The molecular formula is C16H24N2O3. The summed E-state index contributed by atoms with van der Waals surface area (Å²) in [4.78, 5) is 11.9. The van der Waals surface area contributed by atoms with Crippen LogP contribution in [0.2, 0.25) is 0 Å². The van der Waals surface area contributed by atoms with Gasteiger partial charge in [-0.05, 0) is 57.8 Å². The van der Waals surface area contributed by atoms with E-state index in [2.05, 4.69) is 5.10 Å². The van der Waals surface area contributed by atoms with Crippen LogP contribution in [0, 0.1) is 17.8 Å². The minimum atomic E-state index is -0.521. The predicted octanol–water partition coefficient (Wildman–Crippen LogP) is 3.48. The molecule has 0 aromatic carbocycles. The van der Waals surface area contributed by atoms with Crippen LogP contribution in [0.3, 0.4) is 0 Å². The number of carbonyl (C=O) groups excluding carboxylic acids is 1. The van der Waals surface area contributed by atoms with Gasteiger partial charge in [-0.15, -0.1) is 5.10 Å². The van der Waals surface area contributed by atoms with Crippen LogP contribution in [0.5, 0.6) is 5.88 Å². The lowest BCUT2D eigenvalue weighted by Gasteiger charge is -2.21. The Morgan fingerprint density at radius 2 is 2.19 bits per heavy atom. The smallest absolute Gasteiger partial charge is 0.435 e. The van der Waals surface area contributed by atoms with Crippen LogP contribution in [0.1, 0.15) is 46.5 Å². The molecule has 3 atom stereocenters. The lowest BCUT2D eigenvalue weighted by molar-refractivity contribution is 0.0511. The largest absolute Gasteiger partial charge is 0.476 e. The molecule has 0 spiro atoms. The first-order valence-corrected chi connectivity index (χ1v) is 7.82. The van der Waals surface area contributed by atoms with Gasteiger partial charge in [-0.1, -0.05) is 6.42 Å². The van der Waals surface area contributed by atoms with Gasteiger partial charge in [-0.2, -0.15) is 4.68 Å². The van der Waals surface area contributed by atoms with Gasteiger partial charge in [0.15, 0.2) is 0 Å². The Kier molecular flexibility index (Phi) is 3.68. The van der Waals surface area contributed by atoms with Crippen LogP contribution < -0.4 is 4.74 Å². The highest BCUT2D eigenvalue weighted by Gasteiger charge is 2.39. The minimum absolute atomic E-state index is 0.475. The van der Waals surface area contributed by atoms with Gasteiger partial charge >= 0.3 is 6.09 Å². The molecule has 0 saturated heterocycles. The van der Waals surface area contributed by atoms with Crippen molar-refractivity contribution in [1.29, 1.82) is 0 Å². The van der Waals surface area contributed by atoms with Crippen molar-refractivity contribution in [2.45, 2.75) is 52.1 Å². The summed E-state index contributed by atoms with van der Waals surface area (Å²) in [7, 11) is 0. The highest BCUT2D eigenvalue weighted by atomic mass is 16.6. The molecule has 1 unspecified atom stereocenters. The van der Waals surface area contributed by atoms with Crippen molar-refractivity contribution in [3.63, 3.8) is 0 Å². The van der Waals surface area contributed by atoms with Crippen LogP contribution in [0.15, 0.2) is 12.3 Å². The van der Waals surface area contributed by atoms with Crippen molar-refractivity contribution in [2.24, 2.45) is 17.8 Å². The van der Waals surface area contributed by atoms with E-state index in [-0.39, 0.29) is 0 Å². The standard InChI is InChI=1S/C16H24N2O3/c1-16(2,3)21-15(19)18-7-6-14(17-18)20-10-13-9-11-4-5-12(13)8-11/h6-7,11-13H,4-5,8-10H2,1-3H3/t11-,12+,13?/m0/s1. The Balaban J connectivity index is 1.52. The molecular weight excluding hydrogens is 268 g/mol. The summed E-state index contributed by atoms with van der Waals surface area (Å²) in [5, 5.41) is 4.14. The van der Waals surface area contributed by atoms with Gasteiger partial charge in [0.05, 0.1) is 6.61 Å². The average molecular weight is 292 g/mol. The number of aromatic nitrogens is 2. The molecule has 1 aromatic heterocycles. The van der Waals surface area contributed by atoms with E-state index in [0.717, 1.165) is 11.8 Å². The Bertz CT molecular complexity index is 518. The first-order chi connectivity index (χ1) is 9.90. The fourth-order valence-corrected chi connectivity index (χ4v) is 3.57. The van der Waals surface area contributed by atoms with Crippen LogP contribution in [-0.4, -0.2) is 28.1 Å². The molecule has 3 rings (SSSR count). The Morgan fingerprint density at radius 3 is 2.81 bits per heavy atom. The lowest BCUT2D eigenvalue weighted by Crippen LogP contribution is -2.27. The van der Waals surface area contributed by atoms with E-state index in [1.165, 1.54) is 30.4 Å². The van der Waals surface area contributed by atoms with Crippen molar-refractivity contribution in [3.05, 3.63) is 12.3 Å². The summed E-state index contributed by atoms with van der Waals surface area (Å²) in [5.74, 6) is 2.92. The maximum atomic E-state index is 11.9. The highest BCUT2D eigenvalue weighted by Crippen LogP contribution is 2.48. The maximum Gasteiger partial charge on any atom is 0.435 e. The third-order valence-corrected chi connectivity index (χ3v) is 4.47. The fraction of sp³-hybridized carbons (Fsp3) is 0.750. The molecule has 1 aromatic rings. The molecule has 5 heteroatoms. The van der Waals surface area contributed by atoms with E-state index in [0.29, 0.717) is 18.4 Å².